The smallest absolute Gasteiger partial charge is 0.362 e. The van der Waals surface area contributed by atoms with Crippen molar-refractivity contribution >= 4 is 17.9 Å². The topological polar surface area (TPSA) is 99.1 Å². The number of hydrogen-bond donors (Lipinski definition) is 1. The van der Waals surface area contributed by atoms with Gasteiger partial charge in [0.1, 0.15) is 6.61 Å². The van der Waals surface area contributed by atoms with Gasteiger partial charge in [-0.2, -0.15) is 0 Å². The molecule has 0 heterocycles. The molecule has 0 aromatic carbocycles. The quantitative estimate of drug-likeness (QED) is 0.0249. The molecule has 0 amide bonds. The zero-order valence-electron chi connectivity index (χ0n) is 31.2. The number of hydrogen-bond acceptors (Lipinski definition) is 6. The zero-order chi connectivity index (χ0) is 35.7. The Labute approximate surface area is 293 Å². The number of allylic oxidation sites excluding steroid dienone is 8. The highest BCUT2D eigenvalue weighted by Gasteiger charge is 2.31. The summed E-state index contributed by atoms with van der Waals surface area (Å²) in [6, 6.07) is -0.619. The summed E-state index contributed by atoms with van der Waals surface area (Å²) in [5.41, 5.74) is 0. The van der Waals surface area contributed by atoms with Gasteiger partial charge in [-0.15, -0.1) is 0 Å². The lowest BCUT2D eigenvalue weighted by Crippen LogP contribution is -2.50. The highest BCUT2D eigenvalue weighted by Crippen LogP contribution is 2.13. The molecule has 0 spiro atoms. The monoisotopic (exact) mass is 677 g/mol. The number of esters is 2. The summed E-state index contributed by atoms with van der Waals surface area (Å²) in [5.74, 6) is -1.54. The van der Waals surface area contributed by atoms with Gasteiger partial charge in [-0.3, -0.25) is 9.59 Å². The van der Waals surface area contributed by atoms with Gasteiger partial charge in [-0.25, -0.2) is 4.79 Å². The summed E-state index contributed by atoms with van der Waals surface area (Å²) in [4.78, 5) is 36.7. The zero-order valence-corrected chi connectivity index (χ0v) is 31.2. The van der Waals surface area contributed by atoms with Gasteiger partial charge in [0.25, 0.3) is 0 Å². The fourth-order valence-electron chi connectivity index (χ4n) is 5.09. The van der Waals surface area contributed by atoms with Crippen molar-refractivity contribution in [2.75, 3.05) is 41.0 Å². The van der Waals surface area contributed by atoms with E-state index in [1.54, 1.807) is 0 Å². The second-order valence-corrected chi connectivity index (χ2v) is 13.5. The Morgan fingerprint density at radius 1 is 0.646 bits per heavy atom. The molecule has 0 aromatic rings. The van der Waals surface area contributed by atoms with Crippen molar-refractivity contribution in [3.05, 3.63) is 48.6 Å². The van der Waals surface area contributed by atoms with Crippen LogP contribution in [0.25, 0.3) is 0 Å². The molecule has 2 unspecified atom stereocenters. The number of rotatable bonds is 32. The summed E-state index contributed by atoms with van der Waals surface area (Å²) >= 11 is 0. The molecule has 8 heteroatoms. The van der Waals surface area contributed by atoms with Crippen molar-refractivity contribution in [3.63, 3.8) is 0 Å². The number of carbonyl (C=O) groups excluding carboxylic acids is 2. The second kappa shape index (κ2) is 31.6. The maximum atomic E-state index is 12.6. The highest BCUT2D eigenvalue weighted by molar-refractivity contribution is 5.72. The van der Waals surface area contributed by atoms with Crippen molar-refractivity contribution < 1.29 is 38.2 Å². The van der Waals surface area contributed by atoms with E-state index in [0.29, 0.717) is 25.7 Å². The molecular formula is C40H70NO7+. The predicted molar refractivity (Wildman–Crippen MR) is 197 cm³/mol. The van der Waals surface area contributed by atoms with Crippen LogP contribution in [0.5, 0.6) is 0 Å². The van der Waals surface area contributed by atoms with Crippen LogP contribution in [-0.4, -0.2) is 80.6 Å². The number of likely N-dealkylation sites (N-methyl/N-ethyl adjacent to an activating group) is 1. The molecule has 8 nitrogen and oxygen atoms in total. The van der Waals surface area contributed by atoms with Crippen molar-refractivity contribution in [1.29, 1.82) is 0 Å². The van der Waals surface area contributed by atoms with Crippen LogP contribution in [-0.2, 0) is 28.6 Å². The summed E-state index contributed by atoms with van der Waals surface area (Å²) < 4.78 is 17.1. The van der Waals surface area contributed by atoms with Gasteiger partial charge in [0.2, 0.25) is 0 Å². The second-order valence-electron chi connectivity index (χ2n) is 13.5. The molecule has 2 atom stereocenters. The first-order valence-electron chi connectivity index (χ1n) is 18.7. The van der Waals surface area contributed by atoms with Gasteiger partial charge in [-0.1, -0.05) is 114 Å². The Balaban J connectivity index is 4.47. The lowest BCUT2D eigenvalue weighted by atomic mass is 10.1. The summed E-state index contributed by atoms with van der Waals surface area (Å²) in [5, 5.41) is 9.57. The van der Waals surface area contributed by atoms with Gasteiger partial charge in [-0.05, 0) is 51.4 Å². The summed E-state index contributed by atoms with van der Waals surface area (Å²) in [6.45, 7) is 4.50. The van der Waals surface area contributed by atoms with Gasteiger partial charge in [0.05, 0.1) is 34.4 Å². The van der Waals surface area contributed by atoms with Crippen molar-refractivity contribution in [1.82, 2.24) is 0 Å². The molecule has 1 N–H and O–H groups in total. The van der Waals surface area contributed by atoms with E-state index in [1.165, 1.54) is 44.9 Å². The first-order chi connectivity index (χ1) is 23.1. The third-order valence-electron chi connectivity index (χ3n) is 8.02. The lowest BCUT2D eigenvalue weighted by Gasteiger charge is -2.31. The van der Waals surface area contributed by atoms with E-state index in [1.807, 2.05) is 21.1 Å². The summed E-state index contributed by atoms with van der Waals surface area (Å²) in [7, 11) is 5.49. The molecule has 0 rings (SSSR count). The van der Waals surface area contributed by atoms with Gasteiger partial charge in [0.15, 0.2) is 12.1 Å². The van der Waals surface area contributed by atoms with Crippen LogP contribution in [0.15, 0.2) is 48.6 Å². The Hall–Kier alpha value is -2.71. The minimum Gasteiger partial charge on any atom is -0.477 e. The number of unbranched alkanes of at least 4 members (excludes halogenated alkanes) is 12. The van der Waals surface area contributed by atoms with Crippen LogP contribution < -0.4 is 0 Å². The molecule has 0 saturated carbocycles. The van der Waals surface area contributed by atoms with Gasteiger partial charge in [0, 0.05) is 19.3 Å². The first-order valence-corrected chi connectivity index (χ1v) is 18.7. The number of carboxylic acid groups (broad SMARTS) is 1. The average molecular weight is 677 g/mol. The van der Waals surface area contributed by atoms with Crippen LogP contribution in [0.3, 0.4) is 0 Å². The van der Waals surface area contributed by atoms with Gasteiger partial charge >= 0.3 is 17.9 Å². The standard InChI is InChI=1S/C40H69NO7/c1-6-8-10-12-14-16-17-18-19-20-21-23-25-27-29-31-39(43)48-36(34-46-33-32-37(40(44)45)41(3,4)5)35-47-38(42)30-28-26-24-22-15-13-11-9-7-2/h8,10,12,14,16-17,22,24,36-37H,6-7,9,11,13,15,18-21,23,25-35H2,1-5H3/p+1/b10-8+,14-12+,17-16+,24-22+. The van der Waals surface area contributed by atoms with E-state index in [4.69, 9.17) is 14.2 Å². The molecule has 0 radical (unpaired) electrons. The first kappa shape index (κ1) is 45.3. The van der Waals surface area contributed by atoms with Crippen LogP contribution >= 0.6 is 0 Å². The van der Waals surface area contributed by atoms with E-state index in [-0.39, 0.29) is 36.2 Å². The minimum absolute atomic E-state index is 0.0463. The molecule has 0 aliphatic heterocycles. The maximum absolute atomic E-state index is 12.6. The average Bonchev–Trinajstić information content (AvgIpc) is 3.03. The Morgan fingerprint density at radius 3 is 1.83 bits per heavy atom. The number of ether oxygens (including phenoxy) is 3. The van der Waals surface area contributed by atoms with Crippen molar-refractivity contribution in [2.24, 2.45) is 0 Å². The number of quaternary nitrogens is 1. The lowest BCUT2D eigenvalue weighted by molar-refractivity contribution is -0.887. The number of nitrogens with zero attached hydrogens (tertiary/aromatic N) is 1. The molecule has 0 aliphatic rings. The summed E-state index contributed by atoms with van der Waals surface area (Å²) in [6.07, 6.45) is 34.5. The van der Waals surface area contributed by atoms with Crippen molar-refractivity contribution in [3.8, 4) is 0 Å². The van der Waals surface area contributed by atoms with Crippen molar-refractivity contribution in [2.45, 2.75) is 148 Å². The van der Waals surface area contributed by atoms with Crippen LogP contribution in [0.1, 0.15) is 136 Å². The minimum atomic E-state index is -0.884. The Morgan fingerprint density at radius 2 is 1.21 bits per heavy atom. The number of carboxylic acids is 1. The molecule has 48 heavy (non-hydrogen) atoms. The number of carbonyl (C=O) groups is 3. The molecule has 0 bridgehead atoms. The molecule has 0 fully saturated rings. The molecule has 0 saturated heterocycles. The Kier molecular flexibility index (Phi) is 29.8. The fraction of sp³-hybridized carbons (Fsp3) is 0.725. The largest absolute Gasteiger partial charge is 0.477 e. The van der Waals surface area contributed by atoms with Crippen LogP contribution in [0.4, 0.5) is 0 Å². The molecule has 0 aromatic heterocycles. The SMILES string of the molecule is CC/C=C/C=C/C=C/CCCCCCCCCC(=O)OC(COCCC(C(=O)O)[N+](C)(C)C)COC(=O)CCC/C=C/CCCCCC. The van der Waals surface area contributed by atoms with Crippen LogP contribution in [0, 0.1) is 0 Å². The third kappa shape index (κ3) is 29.4. The molecule has 0 aliphatic carbocycles. The van der Waals surface area contributed by atoms with E-state index < -0.39 is 18.1 Å². The molecule has 276 valence electrons. The fourth-order valence-corrected chi connectivity index (χ4v) is 5.09. The van der Waals surface area contributed by atoms with E-state index in [9.17, 15) is 19.5 Å². The Bertz CT molecular complexity index is 932. The van der Waals surface area contributed by atoms with Crippen LogP contribution in [0.2, 0.25) is 0 Å². The van der Waals surface area contributed by atoms with E-state index in [0.717, 1.165) is 51.4 Å². The number of aliphatic carboxylic acids is 1. The van der Waals surface area contributed by atoms with E-state index >= 15 is 0 Å². The highest BCUT2D eigenvalue weighted by atomic mass is 16.6. The third-order valence-corrected chi connectivity index (χ3v) is 8.02. The van der Waals surface area contributed by atoms with E-state index in [2.05, 4.69) is 62.5 Å². The molecular weight excluding hydrogens is 606 g/mol. The van der Waals surface area contributed by atoms with Gasteiger partial charge < -0.3 is 23.8 Å². The predicted octanol–water partition coefficient (Wildman–Crippen LogP) is 9.29. The normalized spacial score (nSPS) is 13.6. The maximum Gasteiger partial charge on any atom is 0.362 e.